The first-order chi connectivity index (χ1) is 32.9. The largest absolute Gasteiger partial charge is 0.510 e. The molecule has 0 aliphatic carbocycles. The van der Waals surface area contributed by atoms with Crippen molar-refractivity contribution in [1.82, 2.24) is 14.1 Å². The molecule has 0 aliphatic heterocycles. The number of hydrogen-bond donors (Lipinski definition) is 0. The van der Waals surface area contributed by atoms with Crippen LogP contribution in [0.3, 0.4) is 0 Å². The molecule has 10 rings (SSSR count). The first kappa shape index (κ1) is 48.2. The number of fused-ring (bicyclic) bond motifs is 3. The standard InChI is InChI=1S/C64H60N4O.Pt/c1-61(2,3)48-33-34-65-60(39-48)68-57-32-29-49(63(7,8)46-23-16-12-17-24-46)38-56(57)55-31-30-54(41-58(55)68)69-53-28-20-27-51(40-53)66-42-59(62(4,5)6)67(43-66)52-36-45(44-21-14-11-15-22-44)35-50(37-52)64(9,10)47-25-18-13-19-26-47;/h11-39,42H,1-10H3;/q-2;. The van der Waals surface area contributed by atoms with E-state index in [0.717, 1.165) is 50.3 Å². The monoisotopic (exact) mass is 1100 g/mol. The molecule has 70 heavy (non-hydrogen) atoms. The van der Waals surface area contributed by atoms with Crippen molar-refractivity contribution < 1.29 is 30.4 Å². The van der Waals surface area contributed by atoms with Crippen molar-refractivity contribution in [1.29, 1.82) is 0 Å². The Labute approximate surface area is 428 Å². The van der Waals surface area contributed by atoms with Crippen LogP contribution in [0.5, 0.6) is 11.5 Å². The number of ether oxygens (including phenoxy) is 1. The van der Waals surface area contributed by atoms with Crippen LogP contribution >= 0.6 is 0 Å². The van der Waals surface area contributed by atoms with Gasteiger partial charge in [-0.2, -0.15) is 18.2 Å². The quantitative estimate of drug-likeness (QED) is 0.101. The topological polar surface area (TPSA) is 35.9 Å². The van der Waals surface area contributed by atoms with Crippen LogP contribution in [-0.2, 0) is 42.7 Å². The third-order valence-electron chi connectivity index (χ3n) is 13.9. The van der Waals surface area contributed by atoms with E-state index in [0.29, 0.717) is 11.5 Å². The molecule has 0 amide bonds. The van der Waals surface area contributed by atoms with Gasteiger partial charge in [-0.1, -0.05) is 184 Å². The molecule has 3 aromatic heterocycles. The van der Waals surface area contributed by atoms with E-state index in [9.17, 15) is 0 Å². The second kappa shape index (κ2) is 18.5. The molecule has 354 valence electrons. The maximum absolute atomic E-state index is 6.72. The van der Waals surface area contributed by atoms with E-state index in [4.69, 9.17) is 9.72 Å². The third-order valence-corrected chi connectivity index (χ3v) is 13.9. The minimum absolute atomic E-state index is 0. The minimum atomic E-state index is -0.255. The number of hydrogen-bond acceptors (Lipinski definition) is 2. The molecule has 7 aromatic carbocycles. The van der Waals surface area contributed by atoms with Gasteiger partial charge in [0.2, 0.25) is 0 Å². The fourth-order valence-electron chi connectivity index (χ4n) is 9.53. The van der Waals surface area contributed by atoms with Crippen molar-refractivity contribution >= 4 is 21.8 Å². The number of imidazole rings is 1. The molecule has 10 aromatic rings. The zero-order valence-electron chi connectivity index (χ0n) is 41.8. The Kier molecular flexibility index (Phi) is 12.7. The van der Waals surface area contributed by atoms with E-state index in [1.807, 2.05) is 29.0 Å². The summed E-state index contributed by atoms with van der Waals surface area (Å²) < 4.78 is 13.2. The van der Waals surface area contributed by atoms with Gasteiger partial charge in [-0.05, 0) is 91.2 Å². The Bertz CT molecular complexity index is 3480. The molecule has 0 unspecified atom stereocenters. The summed E-state index contributed by atoms with van der Waals surface area (Å²) in [5.74, 6) is 2.01. The van der Waals surface area contributed by atoms with E-state index in [-0.39, 0.29) is 42.7 Å². The molecule has 0 aliphatic rings. The van der Waals surface area contributed by atoms with Crippen molar-refractivity contribution in [2.24, 2.45) is 0 Å². The molecule has 3 heterocycles. The van der Waals surface area contributed by atoms with Gasteiger partial charge in [0.15, 0.2) is 0 Å². The average Bonchev–Trinajstić information content (AvgIpc) is 3.95. The van der Waals surface area contributed by atoms with E-state index in [2.05, 4.69) is 255 Å². The predicted octanol–water partition coefficient (Wildman–Crippen LogP) is 15.4. The van der Waals surface area contributed by atoms with Gasteiger partial charge in [0.05, 0.1) is 11.4 Å². The molecular weight excluding hydrogens is 1040 g/mol. The average molecular weight is 1100 g/mol. The summed E-state index contributed by atoms with van der Waals surface area (Å²) in [7, 11) is 0. The SMILES string of the molecule is CC(C)(C)c1ccnc(-n2c3[c-]c(Oc4[c-]c(-n5[c-][n+](-c6cc(-c7ccccc7)cc(C(C)(C)c7ccccc7)c6)c(C(C)(C)C)c5)ccc4)ccc3c3cc(C(C)(C)c4ccccc4)ccc32)c1.[Pt]. The summed E-state index contributed by atoms with van der Waals surface area (Å²) in [4.78, 5) is 4.96. The summed E-state index contributed by atoms with van der Waals surface area (Å²) in [6.07, 6.45) is 7.83. The van der Waals surface area contributed by atoms with Gasteiger partial charge < -0.3 is 13.9 Å². The normalized spacial score (nSPS) is 12.3. The summed E-state index contributed by atoms with van der Waals surface area (Å²) in [6.45, 7) is 22.7. The number of rotatable bonds is 10. The van der Waals surface area contributed by atoms with E-state index in [1.165, 1.54) is 33.4 Å². The van der Waals surface area contributed by atoms with E-state index >= 15 is 0 Å². The molecule has 0 saturated heterocycles. The molecule has 0 atom stereocenters. The first-order valence-corrected chi connectivity index (χ1v) is 24.0. The predicted molar refractivity (Wildman–Crippen MR) is 282 cm³/mol. The van der Waals surface area contributed by atoms with E-state index in [1.54, 1.807) is 0 Å². The van der Waals surface area contributed by atoms with Gasteiger partial charge in [0.1, 0.15) is 5.82 Å². The number of nitrogens with zero attached hydrogens (tertiary/aromatic N) is 4. The van der Waals surface area contributed by atoms with Gasteiger partial charge >= 0.3 is 0 Å². The molecule has 5 nitrogen and oxygen atoms in total. The maximum atomic E-state index is 6.72. The molecule has 0 fully saturated rings. The second-order valence-corrected chi connectivity index (χ2v) is 21.5. The second-order valence-electron chi connectivity index (χ2n) is 21.5. The van der Waals surface area contributed by atoms with Gasteiger partial charge in [-0.3, -0.25) is 4.57 Å². The van der Waals surface area contributed by atoms with Crippen LogP contribution in [0.15, 0.2) is 182 Å². The summed E-state index contributed by atoms with van der Waals surface area (Å²) in [5.41, 5.74) is 12.7. The fraction of sp³-hybridized carbons (Fsp3) is 0.219. The van der Waals surface area contributed by atoms with Crippen molar-refractivity contribution in [3.8, 4) is 39.8 Å². The molecule has 6 heteroatoms. The third kappa shape index (κ3) is 9.20. The van der Waals surface area contributed by atoms with Gasteiger partial charge in [0.25, 0.3) is 6.33 Å². The Morgan fingerprint density at radius 3 is 1.80 bits per heavy atom. The van der Waals surface area contributed by atoms with Crippen molar-refractivity contribution in [3.05, 3.63) is 234 Å². The summed E-state index contributed by atoms with van der Waals surface area (Å²) in [5, 5.41) is 2.22. The van der Waals surface area contributed by atoms with E-state index < -0.39 is 0 Å². The number of benzene rings is 7. The van der Waals surface area contributed by atoms with Gasteiger partial charge in [0, 0.05) is 61.3 Å². The number of pyridine rings is 1. The zero-order chi connectivity index (χ0) is 48.3. The molecular formula is C64H60N4OPt-2. The van der Waals surface area contributed by atoms with Crippen LogP contribution in [0.1, 0.15) is 103 Å². The Hall–Kier alpha value is -6.81. The fourth-order valence-corrected chi connectivity index (χ4v) is 9.53. The van der Waals surface area contributed by atoms with Crippen LogP contribution in [0.25, 0.3) is 50.1 Å². The van der Waals surface area contributed by atoms with Crippen LogP contribution < -0.4 is 9.30 Å². The molecule has 0 spiro atoms. The summed E-state index contributed by atoms with van der Waals surface area (Å²) in [6, 6.07) is 67.7. The van der Waals surface area contributed by atoms with Crippen molar-refractivity contribution in [2.75, 3.05) is 0 Å². The molecule has 0 bridgehead atoms. The maximum Gasteiger partial charge on any atom is 0.267 e. The first-order valence-electron chi connectivity index (χ1n) is 24.0. The summed E-state index contributed by atoms with van der Waals surface area (Å²) >= 11 is 0. The minimum Gasteiger partial charge on any atom is -0.510 e. The van der Waals surface area contributed by atoms with Gasteiger partial charge in [-0.25, -0.2) is 4.98 Å². The zero-order valence-corrected chi connectivity index (χ0v) is 44.1. The van der Waals surface area contributed by atoms with Gasteiger partial charge in [-0.15, -0.1) is 29.7 Å². The number of aromatic nitrogens is 4. The van der Waals surface area contributed by atoms with Crippen LogP contribution in [0.2, 0.25) is 0 Å². The van der Waals surface area contributed by atoms with Crippen molar-refractivity contribution in [3.63, 3.8) is 0 Å². The Morgan fingerprint density at radius 2 is 1.14 bits per heavy atom. The smallest absolute Gasteiger partial charge is 0.267 e. The van der Waals surface area contributed by atoms with Crippen LogP contribution in [-0.4, -0.2) is 14.1 Å². The Morgan fingerprint density at radius 1 is 0.500 bits per heavy atom. The van der Waals surface area contributed by atoms with Crippen LogP contribution in [0.4, 0.5) is 0 Å². The molecule has 0 N–H and O–H groups in total. The Balaban J connectivity index is 0.00000608. The van der Waals surface area contributed by atoms with Crippen LogP contribution in [0, 0.1) is 18.5 Å². The molecule has 0 radical (unpaired) electrons. The molecule has 0 saturated carbocycles. The van der Waals surface area contributed by atoms with Crippen molar-refractivity contribution in [2.45, 2.75) is 90.9 Å².